The molecule has 38 heteroatoms. The Hall–Kier alpha value is -5.92. The van der Waals surface area contributed by atoms with Crippen LogP contribution in [0.2, 0.25) is 0 Å². The second-order valence-electron chi connectivity index (χ2n) is 22.2. The molecule has 20 unspecified atom stereocenters. The number of fused-ring (bicyclic) bond motifs is 9. The molecule has 3 saturated heterocycles. The number of carboxylic acids is 1. The van der Waals surface area contributed by atoms with Crippen LogP contribution in [0.5, 0.6) is 0 Å². The third-order valence-electron chi connectivity index (χ3n) is 16.2. The molecule has 506 valence electrons. The number of esters is 8. The molecule has 9 fully saturated rings. The van der Waals surface area contributed by atoms with Crippen LogP contribution in [0.15, 0.2) is 36.5 Å². The minimum absolute atomic E-state index is 0. The number of halogens is 13. The summed E-state index contributed by atoms with van der Waals surface area (Å²) in [5, 5.41) is 46.3. The van der Waals surface area contributed by atoms with Crippen molar-refractivity contribution in [3.63, 3.8) is 0 Å². The van der Waals surface area contributed by atoms with Gasteiger partial charge in [0.1, 0.15) is 18.3 Å². The van der Waals surface area contributed by atoms with Gasteiger partial charge in [-0.1, -0.05) is 44.7 Å². The van der Waals surface area contributed by atoms with Gasteiger partial charge in [-0.05, 0) is 74.5 Å². The Kier molecular flexibility index (Phi) is 28.1. The van der Waals surface area contributed by atoms with Gasteiger partial charge < -0.3 is 53.6 Å². The Morgan fingerprint density at radius 1 is 0.615 bits per heavy atom. The van der Waals surface area contributed by atoms with Gasteiger partial charge in [-0.3, -0.25) is 58.5 Å². The van der Waals surface area contributed by atoms with E-state index in [9.17, 15) is 106 Å². The molecule has 3 aliphatic heterocycles. The number of cyclic esters (lactones) is 2. The molecule has 20 atom stereocenters. The van der Waals surface area contributed by atoms with Crippen LogP contribution < -0.4 is 34.7 Å². The van der Waals surface area contributed by atoms with Gasteiger partial charge in [-0.15, -0.1) is 0 Å². The average molecular weight is 1370 g/mol. The van der Waals surface area contributed by atoms with E-state index in [2.05, 4.69) is 25.5 Å². The Balaban J connectivity index is 0.000000295. The molecule has 0 amide bonds. The Labute approximate surface area is 533 Å². The second kappa shape index (κ2) is 32.3. The van der Waals surface area contributed by atoms with E-state index < -0.39 is 165 Å². The van der Waals surface area contributed by atoms with E-state index in [0.29, 0.717) is 19.3 Å². The molecular formula is C53H58ClF12NaO24. The number of carboxylic acid groups (broad SMARTS) is 2. The summed E-state index contributed by atoms with van der Waals surface area (Å²) >= 11 is 4.97. The van der Waals surface area contributed by atoms with Crippen molar-refractivity contribution >= 4 is 77.0 Å². The maximum Gasteiger partial charge on any atom is 1.00 e. The van der Waals surface area contributed by atoms with Crippen LogP contribution in [0.3, 0.4) is 0 Å². The average Bonchev–Trinajstić information content (AvgIpc) is 1.57. The molecule has 8 bridgehead atoms. The van der Waals surface area contributed by atoms with Gasteiger partial charge in [0.25, 0.3) is 6.47 Å². The number of carbonyl (C=O) groups is 11. The summed E-state index contributed by atoms with van der Waals surface area (Å²) in [6, 6.07) is 0. The summed E-state index contributed by atoms with van der Waals surface area (Å²) in [7, 11) is 0. The molecule has 3 heterocycles. The van der Waals surface area contributed by atoms with Crippen molar-refractivity contribution in [1.29, 1.82) is 0 Å². The molecule has 6 saturated carbocycles. The number of carbonyl (C=O) groups excluding carboxylic acids is 9. The predicted molar refractivity (Wildman–Crippen MR) is 263 cm³/mol. The molecule has 0 radical (unpaired) electrons. The molecule has 11 aliphatic rings. The fourth-order valence-corrected chi connectivity index (χ4v) is 13.0. The summed E-state index contributed by atoms with van der Waals surface area (Å²) in [5.74, 6) is -14.8. The van der Waals surface area contributed by atoms with E-state index in [-0.39, 0.29) is 112 Å². The van der Waals surface area contributed by atoms with E-state index in [1.54, 1.807) is 26.0 Å². The zero-order valence-electron chi connectivity index (χ0n) is 47.8. The van der Waals surface area contributed by atoms with Gasteiger partial charge in [0.15, 0.2) is 19.8 Å². The van der Waals surface area contributed by atoms with Crippen molar-refractivity contribution in [2.75, 3.05) is 26.4 Å². The fourth-order valence-electron chi connectivity index (χ4n) is 13.0. The molecule has 0 spiro atoms. The molecule has 24 nitrogen and oxygen atoms in total. The standard InChI is InChI=1S/C15H15F3O6.C11H11F3O5.C11H11F3O4.C9H8O3.C4H7ClO.C2H2F3O.CH2O2.Na.H2O2/c1-5(2)12(19)23-10-6-3-7-9(14(21)24-11(7)10)8(6)13(20)22-4-15(16,17)18;12-11(13,14)2-18-9(16)5-3-1-4-6(5)10(17)19-8(4)7(3)15;12-11(13,14)4-18-10(17)8-6-2-1-5(3-6)7(8)9(15)16;10-8-6-4-1-2-5(3-4)7(6)9(11)12-8;1-3(2)4(5)6;3-2(4,5)1-6;2-1-3;;1-2/h6-11H,1,3-4H2,2H3;3-8,15H,1-2H2;1-2,5-8H,3-4H2,(H,15,16);1-2,4-7H,3H2;3H,1-2H3;1H2;1H,(H,2,3);;1-2H/q;;;;;-1;;+1;. The molecule has 0 aromatic heterocycles. The molecular weight excluding hydrogens is 1310 g/mol. The fraction of sp³-hybridized carbons (Fsp3) is 0.679. The van der Waals surface area contributed by atoms with Crippen molar-refractivity contribution in [1.82, 2.24) is 0 Å². The minimum Gasteiger partial charge on any atom is -0.848 e. The van der Waals surface area contributed by atoms with Gasteiger partial charge in [0, 0.05) is 35.2 Å². The van der Waals surface area contributed by atoms with Gasteiger partial charge in [-0.25, -0.2) is 4.79 Å². The molecule has 0 aromatic carbocycles. The monoisotopic (exact) mass is 1360 g/mol. The quantitative estimate of drug-likeness (QED) is 0.0178. The van der Waals surface area contributed by atoms with Crippen LogP contribution in [0.25, 0.3) is 0 Å². The summed E-state index contributed by atoms with van der Waals surface area (Å²) in [6.07, 6.45) is -11.8. The number of rotatable bonds is 10. The SMILES string of the molecule is C=C(C)C(=O)OC1C2CC3C1OC(=O)C3C2C(=O)OCC(F)(F)F.CC(C)C(=O)Cl.O=C(O)C1C2C=CC(C2)C1C(=O)OCC(F)(F)F.O=C(OCC(F)(F)F)C1C2CC3C(OC(=O)C31)C2O.O=C1OC(=O)C2C3C=CC(C3)C12.O=CO.OO.[Na+].[O-]CC(F)(F)F. The molecule has 8 aliphatic carbocycles. The van der Waals surface area contributed by atoms with Crippen LogP contribution in [0.1, 0.15) is 46.5 Å². The summed E-state index contributed by atoms with van der Waals surface area (Å²) in [6.45, 7) is 1.10. The Bertz CT molecular complexity index is 2730. The number of aliphatic carboxylic acids is 1. The van der Waals surface area contributed by atoms with E-state index in [1.807, 2.05) is 12.2 Å². The molecule has 0 aromatic rings. The van der Waals surface area contributed by atoms with Crippen molar-refractivity contribution in [3.8, 4) is 0 Å². The zero-order chi connectivity index (χ0) is 68.6. The molecule has 91 heavy (non-hydrogen) atoms. The largest absolute Gasteiger partial charge is 1.00 e. The number of hydrogen-bond acceptors (Lipinski definition) is 22. The summed E-state index contributed by atoms with van der Waals surface area (Å²) < 4.78 is 173. The minimum atomic E-state index is -4.65. The maximum absolute atomic E-state index is 12.2. The first-order valence-electron chi connectivity index (χ1n) is 26.7. The molecule has 5 N–H and O–H groups in total. The molecule has 11 rings (SSSR count). The third-order valence-corrected chi connectivity index (χ3v) is 16.7. The number of hydrogen-bond donors (Lipinski definition) is 5. The first kappa shape index (κ1) is 79.3. The maximum atomic E-state index is 12.2. The van der Waals surface area contributed by atoms with E-state index in [1.165, 1.54) is 6.92 Å². The topological polar surface area (TPSA) is 377 Å². The van der Waals surface area contributed by atoms with Crippen molar-refractivity contribution in [3.05, 3.63) is 36.5 Å². The zero-order valence-corrected chi connectivity index (χ0v) is 50.5. The van der Waals surface area contributed by atoms with E-state index in [0.717, 1.165) is 6.42 Å². The summed E-state index contributed by atoms with van der Waals surface area (Å²) in [4.78, 5) is 122. The normalized spacial score (nSPS) is 33.3. The number of allylic oxidation sites excluding steroid dienone is 4. The first-order valence-corrected chi connectivity index (χ1v) is 27.1. The number of ether oxygens (including phenoxy) is 7. The summed E-state index contributed by atoms with van der Waals surface area (Å²) in [5.41, 5.74) is 0.134. The van der Waals surface area contributed by atoms with Crippen molar-refractivity contribution in [2.24, 2.45) is 101 Å². The van der Waals surface area contributed by atoms with Gasteiger partial charge in [-0.2, -0.15) is 52.7 Å². The Morgan fingerprint density at radius 2 is 0.956 bits per heavy atom. The third kappa shape index (κ3) is 19.8. The van der Waals surface area contributed by atoms with E-state index >= 15 is 0 Å². The van der Waals surface area contributed by atoms with Crippen LogP contribution >= 0.6 is 11.6 Å². The van der Waals surface area contributed by atoms with Crippen molar-refractivity contribution < 1.29 is 199 Å². The van der Waals surface area contributed by atoms with Crippen LogP contribution in [0, 0.1) is 101 Å². The van der Waals surface area contributed by atoms with Crippen molar-refractivity contribution in [2.45, 2.75) is 95.6 Å². The van der Waals surface area contributed by atoms with E-state index in [4.69, 9.17) is 56.4 Å². The van der Waals surface area contributed by atoms with Gasteiger partial charge in [0.2, 0.25) is 5.24 Å². The predicted octanol–water partition coefficient (Wildman–Crippen LogP) is 1.81. The second-order valence-corrected chi connectivity index (χ2v) is 22.6. The van der Waals surface area contributed by atoms with Crippen LogP contribution in [-0.2, 0) is 85.9 Å². The number of aliphatic hydroxyl groups excluding tert-OH is 1. The Morgan fingerprint density at radius 3 is 1.33 bits per heavy atom. The van der Waals surface area contributed by atoms with Gasteiger partial charge >= 0.3 is 108 Å². The van der Waals surface area contributed by atoms with Gasteiger partial charge in [0.05, 0.1) is 53.4 Å². The first-order chi connectivity index (χ1) is 41.6. The smallest absolute Gasteiger partial charge is 0.848 e. The van der Waals surface area contributed by atoms with Crippen LogP contribution in [-0.4, -0.2) is 167 Å². The number of aliphatic hydroxyl groups is 1. The van der Waals surface area contributed by atoms with Crippen LogP contribution in [0.4, 0.5) is 52.7 Å². The number of alkyl halides is 12.